The topological polar surface area (TPSA) is 44.8 Å². The Kier molecular flexibility index (Phi) is 3.78. The van der Waals surface area contributed by atoms with Crippen LogP contribution in [0.25, 0.3) is 0 Å². The number of fused-ring (bicyclic) bond motifs is 1. The molecule has 1 saturated heterocycles. The molecular weight excluding hydrogens is 254 g/mol. The number of likely N-dealkylation sites (N-methyl/N-ethyl adjacent to an activating group) is 1. The van der Waals surface area contributed by atoms with Crippen LogP contribution in [-0.2, 0) is 0 Å². The van der Waals surface area contributed by atoms with Gasteiger partial charge in [0, 0.05) is 32.7 Å². The minimum atomic E-state index is 0.0845. The zero-order valence-electron chi connectivity index (χ0n) is 11.9. The van der Waals surface area contributed by atoms with E-state index in [4.69, 9.17) is 4.74 Å². The summed E-state index contributed by atoms with van der Waals surface area (Å²) in [4.78, 5) is 17.0. The van der Waals surface area contributed by atoms with Gasteiger partial charge < -0.3 is 19.9 Å². The van der Waals surface area contributed by atoms with Gasteiger partial charge in [0.05, 0.1) is 11.3 Å². The van der Waals surface area contributed by atoms with E-state index in [2.05, 4.69) is 17.1 Å². The van der Waals surface area contributed by atoms with Crippen LogP contribution < -0.4 is 10.1 Å². The second-order valence-corrected chi connectivity index (χ2v) is 5.18. The standard InChI is InChI=1S/C15H21N3O2/c1-2-17-7-9-18(10-8-17)15(19)12-4-3-5-13-14(12)20-11-6-16-13/h3-5,16H,2,6-11H2,1H3. The predicted molar refractivity (Wildman–Crippen MR) is 78.4 cm³/mol. The van der Waals surface area contributed by atoms with Crippen molar-refractivity contribution in [2.75, 3.05) is 51.2 Å². The molecule has 20 heavy (non-hydrogen) atoms. The molecule has 1 N–H and O–H groups in total. The molecule has 5 nitrogen and oxygen atoms in total. The number of hydrogen-bond donors (Lipinski definition) is 1. The Labute approximate surface area is 119 Å². The van der Waals surface area contributed by atoms with Gasteiger partial charge in [-0.1, -0.05) is 13.0 Å². The third-order valence-corrected chi connectivity index (χ3v) is 4.02. The number of nitrogens with zero attached hydrogens (tertiary/aromatic N) is 2. The molecule has 1 fully saturated rings. The van der Waals surface area contributed by atoms with Crippen LogP contribution in [0.4, 0.5) is 5.69 Å². The van der Waals surface area contributed by atoms with Crippen molar-refractivity contribution in [2.45, 2.75) is 6.92 Å². The van der Waals surface area contributed by atoms with E-state index in [1.54, 1.807) is 0 Å². The molecule has 0 aliphatic carbocycles. The molecule has 2 aliphatic rings. The number of carbonyl (C=O) groups excluding carboxylic acids is 1. The molecule has 2 heterocycles. The van der Waals surface area contributed by atoms with E-state index in [1.165, 1.54) is 0 Å². The first kappa shape index (κ1) is 13.2. The lowest BCUT2D eigenvalue weighted by atomic mass is 10.1. The van der Waals surface area contributed by atoms with Gasteiger partial charge in [0.15, 0.2) is 5.75 Å². The Morgan fingerprint density at radius 3 is 2.85 bits per heavy atom. The number of piperazine rings is 1. The molecule has 0 spiro atoms. The SMILES string of the molecule is CCN1CCN(C(=O)c2cccc3c2OCCN3)CC1. The Morgan fingerprint density at radius 1 is 1.30 bits per heavy atom. The van der Waals surface area contributed by atoms with E-state index in [0.717, 1.165) is 45.0 Å². The van der Waals surface area contributed by atoms with Gasteiger partial charge in [-0.05, 0) is 18.7 Å². The van der Waals surface area contributed by atoms with Crippen molar-refractivity contribution in [1.82, 2.24) is 9.80 Å². The molecule has 1 amide bonds. The summed E-state index contributed by atoms with van der Waals surface area (Å²) < 4.78 is 5.69. The minimum Gasteiger partial charge on any atom is -0.489 e. The summed E-state index contributed by atoms with van der Waals surface area (Å²) in [6.45, 7) is 8.11. The maximum absolute atomic E-state index is 12.7. The van der Waals surface area contributed by atoms with E-state index in [-0.39, 0.29) is 5.91 Å². The number of carbonyl (C=O) groups is 1. The van der Waals surface area contributed by atoms with Crippen LogP contribution >= 0.6 is 0 Å². The molecule has 108 valence electrons. The Morgan fingerprint density at radius 2 is 2.10 bits per heavy atom. The van der Waals surface area contributed by atoms with Gasteiger partial charge in [0.25, 0.3) is 5.91 Å². The molecule has 0 saturated carbocycles. The number of hydrogen-bond acceptors (Lipinski definition) is 4. The summed E-state index contributed by atoms with van der Waals surface area (Å²) in [7, 11) is 0. The zero-order chi connectivity index (χ0) is 13.9. The van der Waals surface area contributed by atoms with Crippen molar-refractivity contribution in [3.63, 3.8) is 0 Å². The van der Waals surface area contributed by atoms with Crippen molar-refractivity contribution in [1.29, 1.82) is 0 Å². The summed E-state index contributed by atoms with van der Waals surface area (Å²) >= 11 is 0. The van der Waals surface area contributed by atoms with Crippen LogP contribution in [0.15, 0.2) is 18.2 Å². The normalized spacial score (nSPS) is 18.9. The maximum atomic E-state index is 12.7. The zero-order valence-corrected chi connectivity index (χ0v) is 11.9. The molecule has 0 radical (unpaired) electrons. The van der Waals surface area contributed by atoms with Gasteiger partial charge >= 0.3 is 0 Å². The molecule has 0 aromatic heterocycles. The average Bonchev–Trinajstić information content (AvgIpc) is 2.54. The molecule has 5 heteroatoms. The van der Waals surface area contributed by atoms with Crippen molar-refractivity contribution in [3.05, 3.63) is 23.8 Å². The van der Waals surface area contributed by atoms with E-state index < -0.39 is 0 Å². The second kappa shape index (κ2) is 5.71. The summed E-state index contributed by atoms with van der Waals surface area (Å²) in [5.74, 6) is 0.794. The van der Waals surface area contributed by atoms with Gasteiger partial charge in [0.1, 0.15) is 6.61 Å². The fourth-order valence-electron chi connectivity index (χ4n) is 2.78. The van der Waals surface area contributed by atoms with Crippen molar-refractivity contribution < 1.29 is 9.53 Å². The van der Waals surface area contributed by atoms with Gasteiger partial charge in [0.2, 0.25) is 0 Å². The molecule has 0 bridgehead atoms. The summed E-state index contributed by atoms with van der Waals surface area (Å²) in [5.41, 5.74) is 1.61. The monoisotopic (exact) mass is 275 g/mol. The van der Waals surface area contributed by atoms with Gasteiger partial charge in [-0.2, -0.15) is 0 Å². The molecule has 1 aromatic carbocycles. The third kappa shape index (κ3) is 2.45. The van der Waals surface area contributed by atoms with Crippen LogP contribution in [-0.4, -0.2) is 61.6 Å². The molecule has 0 unspecified atom stereocenters. The van der Waals surface area contributed by atoms with Crippen molar-refractivity contribution >= 4 is 11.6 Å². The van der Waals surface area contributed by atoms with E-state index in [1.807, 2.05) is 23.1 Å². The highest BCUT2D eigenvalue weighted by Gasteiger charge is 2.25. The highest BCUT2D eigenvalue weighted by molar-refractivity contribution is 5.99. The molecular formula is C15H21N3O2. The first-order valence-electron chi connectivity index (χ1n) is 7.31. The van der Waals surface area contributed by atoms with Crippen LogP contribution in [0.3, 0.4) is 0 Å². The van der Waals surface area contributed by atoms with Gasteiger partial charge in [-0.3, -0.25) is 4.79 Å². The number of para-hydroxylation sites is 1. The summed E-state index contributed by atoms with van der Waals surface area (Å²) in [5, 5.41) is 3.27. The fraction of sp³-hybridized carbons (Fsp3) is 0.533. The largest absolute Gasteiger partial charge is 0.489 e. The average molecular weight is 275 g/mol. The summed E-state index contributed by atoms with van der Waals surface area (Å²) in [6, 6.07) is 5.73. The smallest absolute Gasteiger partial charge is 0.257 e. The Balaban J connectivity index is 1.78. The molecule has 2 aliphatic heterocycles. The summed E-state index contributed by atoms with van der Waals surface area (Å²) in [6.07, 6.45) is 0. The lowest BCUT2D eigenvalue weighted by Gasteiger charge is -2.34. The second-order valence-electron chi connectivity index (χ2n) is 5.18. The molecule has 3 rings (SSSR count). The number of benzene rings is 1. The quantitative estimate of drug-likeness (QED) is 0.883. The van der Waals surface area contributed by atoms with Crippen molar-refractivity contribution in [2.24, 2.45) is 0 Å². The Hall–Kier alpha value is -1.75. The van der Waals surface area contributed by atoms with Crippen LogP contribution in [0.1, 0.15) is 17.3 Å². The highest BCUT2D eigenvalue weighted by atomic mass is 16.5. The van der Waals surface area contributed by atoms with E-state index >= 15 is 0 Å². The lowest BCUT2D eigenvalue weighted by molar-refractivity contribution is 0.0639. The predicted octanol–water partition coefficient (Wildman–Crippen LogP) is 1.27. The number of rotatable bonds is 2. The molecule has 0 atom stereocenters. The highest BCUT2D eigenvalue weighted by Crippen LogP contribution is 2.32. The Bertz CT molecular complexity index is 496. The fourth-order valence-corrected chi connectivity index (χ4v) is 2.78. The van der Waals surface area contributed by atoms with Gasteiger partial charge in [-0.15, -0.1) is 0 Å². The van der Waals surface area contributed by atoms with E-state index in [0.29, 0.717) is 17.9 Å². The molecule has 1 aromatic rings. The number of amides is 1. The number of anilines is 1. The number of ether oxygens (including phenoxy) is 1. The maximum Gasteiger partial charge on any atom is 0.257 e. The first-order valence-corrected chi connectivity index (χ1v) is 7.31. The van der Waals surface area contributed by atoms with Crippen LogP contribution in [0, 0.1) is 0 Å². The minimum absolute atomic E-state index is 0.0845. The van der Waals surface area contributed by atoms with E-state index in [9.17, 15) is 4.79 Å². The third-order valence-electron chi connectivity index (χ3n) is 4.02. The number of nitrogens with one attached hydrogen (secondary N) is 1. The van der Waals surface area contributed by atoms with Gasteiger partial charge in [-0.25, -0.2) is 0 Å². The first-order chi connectivity index (χ1) is 9.79. The van der Waals surface area contributed by atoms with Crippen molar-refractivity contribution in [3.8, 4) is 5.75 Å². The van der Waals surface area contributed by atoms with Crippen LogP contribution in [0.2, 0.25) is 0 Å². The lowest BCUT2D eigenvalue weighted by Crippen LogP contribution is -2.48. The van der Waals surface area contributed by atoms with Crippen LogP contribution in [0.5, 0.6) is 5.75 Å².